The number of carbonyl (C=O) groups excluding carboxylic acids is 2. The fraction of sp³-hybridized carbons (Fsp3) is 0.143. The number of ether oxygens (including phenoxy) is 2. The van der Waals surface area contributed by atoms with Crippen LogP contribution in [0.1, 0.15) is 20.8 Å². The van der Waals surface area contributed by atoms with Crippen LogP contribution in [0.5, 0.6) is 11.5 Å². The van der Waals surface area contributed by atoms with Gasteiger partial charge in [0.15, 0.2) is 23.1 Å². The molecular weight excluding hydrogens is 373 g/mol. The Kier molecular flexibility index (Phi) is 8.19. The molecule has 2 aromatic carbocycles. The van der Waals surface area contributed by atoms with E-state index in [-0.39, 0.29) is 28.9 Å². The molecule has 0 radical (unpaired) electrons. The summed E-state index contributed by atoms with van der Waals surface area (Å²) in [5, 5.41) is 0. The molecule has 4 nitrogen and oxygen atoms in total. The fourth-order valence-corrected chi connectivity index (χ4v) is 1.84. The van der Waals surface area contributed by atoms with Crippen molar-refractivity contribution in [3.05, 3.63) is 72.1 Å². The summed E-state index contributed by atoms with van der Waals surface area (Å²) in [6.45, 7) is 12.2. The predicted octanol–water partition coefficient (Wildman–Crippen LogP) is 5.37. The lowest BCUT2D eigenvalue weighted by atomic mass is 10.0. The molecule has 0 aromatic heterocycles. The van der Waals surface area contributed by atoms with Gasteiger partial charge < -0.3 is 9.47 Å². The quantitative estimate of drug-likeness (QED) is 0.226. The number of allylic oxidation sites excluding steroid dienone is 1. The van der Waals surface area contributed by atoms with Gasteiger partial charge in [-0.05, 0) is 50.6 Å². The van der Waals surface area contributed by atoms with Crippen molar-refractivity contribution in [2.24, 2.45) is 0 Å². The van der Waals surface area contributed by atoms with Crippen molar-refractivity contribution in [3.8, 4) is 22.6 Å². The second-order valence-electron chi connectivity index (χ2n) is 5.98. The normalized spacial score (nSPS) is 9.64. The molecule has 0 saturated carbocycles. The standard InChI is InChI=1S/C17H11F3O4.C4H8/c1-9(2)17(22)24-14-6-4-11(15(19)16(14)20)10-3-5-13(23-8-21)12(18)7-10;1-4(2)3/h3-8H,1H2,2H3;1H2,2-3H3. The third-order valence-corrected chi connectivity index (χ3v) is 3.02. The molecule has 0 saturated heterocycles. The first-order chi connectivity index (χ1) is 13.1. The van der Waals surface area contributed by atoms with Crippen molar-refractivity contribution in [3.63, 3.8) is 0 Å². The zero-order valence-corrected chi connectivity index (χ0v) is 15.6. The highest BCUT2D eigenvalue weighted by Gasteiger charge is 2.19. The summed E-state index contributed by atoms with van der Waals surface area (Å²) >= 11 is 0. The van der Waals surface area contributed by atoms with Gasteiger partial charge >= 0.3 is 5.97 Å². The Morgan fingerprint density at radius 3 is 2.04 bits per heavy atom. The van der Waals surface area contributed by atoms with Gasteiger partial charge in [-0.3, -0.25) is 4.79 Å². The zero-order chi connectivity index (χ0) is 21.4. The number of carbonyl (C=O) groups is 2. The predicted molar refractivity (Wildman–Crippen MR) is 99.4 cm³/mol. The van der Waals surface area contributed by atoms with Crippen LogP contribution in [0.15, 0.2) is 54.6 Å². The first-order valence-electron chi connectivity index (χ1n) is 7.96. The van der Waals surface area contributed by atoms with E-state index in [9.17, 15) is 22.8 Å². The van der Waals surface area contributed by atoms with Crippen molar-refractivity contribution < 1.29 is 32.2 Å². The highest BCUT2D eigenvalue weighted by atomic mass is 19.2. The number of esters is 1. The molecule has 0 spiro atoms. The summed E-state index contributed by atoms with van der Waals surface area (Å²) in [5.41, 5.74) is 0.950. The minimum Gasteiger partial charge on any atom is -0.426 e. The molecule has 0 unspecified atom stereocenters. The van der Waals surface area contributed by atoms with Gasteiger partial charge in [0.1, 0.15) is 0 Å². The lowest BCUT2D eigenvalue weighted by Crippen LogP contribution is -2.10. The van der Waals surface area contributed by atoms with Gasteiger partial charge in [-0.1, -0.05) is 18.2 Å². The van der Waals surface area contributed by atoms with E-state index in [1.807, 2.05) is 13.8 Å². The maximum atomic E-state index is 14.2. The SMILES string of the molecule is C=C(C)C.C=C(C)C(=O)Oc1ccc(-c2ccc(OC=O)c(F)c2)c(F)c1F. The summed E-state index contributed by atoms with van der Waals surface area (Å²) in [6.07, 6.45) is 0. The van der Waals surface area contributed by atoms with Crippen LogP contribution < -0.4 is 9.47 Å². The molecule has 0 aliphatic rings. The minimum atomic E-state index is -1.39. The van der Waals surface area contributed by atoms with Gasteiger partial charge in [-0.25, -0.2) is 13.6 Å². The first kappa shape index (κ1) is 22.7. The van der Waals surface area contributed by atoms with Crippen molar-refractivity contribution >= 4 is 12.4 Å². The Balaban J connectivity index is 0.000000892. The Bertz CT molecular complexity index is 916. The van der Waals surface area contributed by atoms with Gasteiger partial charge in [-0.2, -0.15) is 4.39 Å². The number of rotatable bonds is 5. The molecule has 2 rings (SSSR count). The van der Waals surface area contributed by atoms with Crippen LogP contribution in [0.3, 0.4) is 0 Å². The molecule has 148 valence electrons. The summed E-state index contributed by atoms with van der Waals surface area (Å²) < 4.78 is 51.0. The van der Waals surface area contributed by atoms with E-state index in [0.717, 1.165) is 24.3 Å². The molecule has 28 heavy (non-hydrogen) atoms. The summed E-state index contributed by atoms with van der Waals surface area (Å²) in [4.78, 5) is 21.6. The van der Waals surface area contributed by atoms with Gasteiger partial charge in [0.05, 0.1) is 0 Å². The molecule has 0 aliphatic heterocycles. The van der Waals surface area contributed by atoms with Crippen LogP contribution in [0.2, 0.25) is 0 Å². The third kappa shape index (κ3) is 6.12. The van der Waals surface area contributed by atoms with Gasteiger partial charge in [0.2, 0.25) is 5.82 Å². The van der Waals surface area contributed by atoms with Crippen LogP contribution in [0.4, 0.5) is 13.2 Å². The number of benzene rings is 2. The van der Waals surface area contributed by atoms with Crippen molar-refractivity contribution in [2.45, 2.75) is 20.8 Å². The molecule has 0 N–H and O–H groups in total. The summed E-state index contributed by atoms with van der Waals surface area (Å²) in [5.74, 6) is -5.48. The van der Waals surface area contributed by atoms with Crippen LogP contribution in [-0.2, 0) is 9.59 Å². The van der Waals surface area contributed by atoms with Gasteiger partial charge in [0.25, 0.3) is 6.47 Å². The van der Waals surface area contributed by atoms with E-state index in [4.69, 9.17) is 0 Å². The molecule has 0 atom stereocenters. The lowest BCUT2D eigenvalue weighted by Gasteiger charge is -2.10. The Morgan fingerprint density at radius 1 is 0.964 bits per heavy atom. The molecule has 0 heterocycles. The van der Waals surface area contributed by atoms with Crippen LogP contribution in [-0.4, -0.2) is 12.4 Å². The van der Waals surface area contributed by atoms with Crippen molar-refractivity contribution in [1.82, 2.24) is 0 Å². The van der Waals surface area contributed by atoms with E-state index in [2.05, 4.69) is 22.6 Å². The first-order valence-corrected chi connectivity index (χ1v) is 7.96. The second-order valence-corrected chi connectivity index (χ2v) is 5.98. The monoisotopic (exact) mass is 392 g/mol. The van der Waals surface area contributed by atoms with E-state index in [0.29, 0.717) is 0 Å². The lowest BCUT2D eigenvalue weighted by molar-refractivity contribution is -0.130. The fourth-order valence-electron chi connectivity index (χ4n) is 1.84. The minimum absolute atomic E-state index is 0.0138. The molecule has 0 aliphatic carbocycles. The molecule has 0 amide bonds. The molecule has 7 heteroatoms. The van der Waals surface area contributed by atoms with Crippen LogP contribution >= 0.6 is 0 Å². The number of hydrogen-bond acceptors (Lipinski definition) is 4. The van der Waals surface area contributed by atoms with E-state index < -0.39 is 29.2 Å². The number of halogens is 3. The van der Waals surface area contributed by atoms with Crippen molar-refractivity contribution in [2.75, 3.05) is 0 Å². The molecular formula is C21H19F3O4. The van der Waals surface area contributed by atoms with E-state index in [1.54, 1.807) is 0 Å². The molecule has 0 fully saturated rings. The Labute approximate surface area is 160 Å². The third-order valence-electron chi connectivity index (χ3n) is 3.02. The highest BCUT2D eigenvalue weighted by molar-refractivity contribution is 5.88. The largest absolute Gasteiger partial charge is 0.426 e. The zero-order valence-electron chi connectivity index (χ0n) is 15.6. The van der Waals surface area contributed by atoms with Gasteiger partial charge in [0, 0.05) is 11.1 Å². The van der Waals surface area contributed by atoms with Crippen LogP contribution in [0, 0.1) is 17.5 Å². The van der Waals surface area contributed by atoms with E-state index >= 15 is 0 Å². The second kappa shape index (κ2) is 10.1. The Hall–Kier alpha value is -3.35. The average molecular weight is 392 g/mol. The van der Waals surface area contributed by atoms with Crippen LogP contribution in [0.25, 0.3) is 11.1 Å². The summed E-state index contributed by atoms with van der Waals surface area (Å²) in [7, 11) is 0. The number of hydrogen-bond donors (Lipinski definition) is 0. The topological polar surface area (TPSA) is 52.6 Å². The van der Waals surface area contributed by atoms with Crippen molar-refractivity contribution in [1.29, 1.82) is 0 Å². The Morgan fingerprint density at radius 2 is 1.54 bits per heavy atom. The maximum absolute atomic E-state index is 14.2. The van der Waals surface area contributed by atoms with Gasteiger partial charge in [-0.15, -0.1) is 6.58 Å². The maximum Gasteiger partial charge on any atom is 0.338 e. The smallest absolute Gasteiger partial charge is 0.338 e. The summed E-state index contributed by atoms with van der Waals surface area (Å²) in [6, 6.07) is 5.41. The molecule has 2 aromatic rings. The highest BCUT2D eigenvalue weighted by Crippen LogP contribution is 2.32. The van der Waals surface area contributed by atoms with E-state index in [1.165, 1.54) is 18.6 Å². The average Bonchev–Trinajstić information content (AvgIpc) is 2.60. The molecule has 0 bridgehead atoms.